The van der Waals surface area contributed by atoms with E-state index in [1.807, 2.05) is 60.2 Å². The Kier molecular flexibility index (Phi) is 7.18. The summed E-state index contributed by atoms with van der Waals surface area (Å²) in [7, 11) is 1.95. The SMILES string of the molecule is CN1C=NN(c2[c-]c(N(c3[c-]c4c(cc3)c3ccccc3n4-c3ccccn3)c3cccc4c3oc3c5ccccc5ccc43)ccc2)[CH-]1.[Pt]. The minimum absolute atomic E-state index is 0. The Hall–Kier alpha value is -5.91. The molecule has 10 rings (SSSR count). The van der Waals surface area contributed by atoms with Gasteiger partial charge in [0.15, 0.2) is 5.58 Å². The normalized spacial score (nSPS) is 12.9. The summed E-state index contributed by atoms with van der Waals surface area (Å²) in [6.45, 7) is 1.93. The Morgan fingerprint density at radius 1 is 0.660 bits per heavy atom. The fourth-order valence-electron chi connectivity index (χ4n) is 7.02. The standard InChI is InChI=1S/C42H27N6O.Pt/c1-45-26-44-46(27-45)29-11-8-12-30(24-29)47(38-17-9-15-35-36-21-19-28-10-2-3-13-32(28)41(36)49-42(35)38)31-20-22-34-33-14-4-5-16-37(33)48(39(34)25-31)40-18-6-7-23-43-40;/h2-23,26-27H,1H3;/q-3;. The summed E-state index contributed by atoms with van der Waals surface area (Å²) in [6, 6.07) is 51.3. The molecule has 0 saturated heterocycles. The van der Waals surface area contributed by atoms with Crippen molar-refractivity contribution in [3.8, 4) is 5.82 Å². The first-order chi connectivity index (χ1) is 24.2. The van der Waals surface area contributed by atoms with Crippen molar-refractivity contribution >= 4 is 83.6 Å². The molecule has 0 aliphatic carbocycles. The Balaban J connectivity index is 0.00000336. The maximum absolute atomic E-state index is 6.86. The number of anilines is 4. The summed E-state index contributed by atoms with van der Waals surface area (Å²) >= 11 is 0. The second-order valence-electron chi connectivity index (χ2n) is 12.2. The van der Waals surface area contributed by atoms with Crippen LogP contribution in [-0.4, -0.2) is 27.8 Å². The molecule has 0 bridgehead atoms. The molecular weight excluding hydrogens is 800 g/mol. The Bertz CT molecular complexity index is 2750. The summed E-state index contributed by atoms with van der Waals surface area (Å²) < 4.78 is 9.05. The summed E-state index contributed by atoms with van der Waals surface area (Å²) in [6.07, 6.45) is 3.60. The van der Waals surface area contributed by atoms with E-state index in [4.69, 9.17) is 9.40 Å². The molecule has 9 aromatic rings. The average molecular weight is 827 g/mol. The molecule has 0 atom stereocenters. The molecule has 0 unspecified atom stereocenters. The molecule has 0 fully saturated rings. The third kappa shape index (κ3) is 4.69. The van der Waals surface area contributed by atoms with Crippen LogP contribution in [0.15, 0.2) is 143 Å². The molecule has 244 valence electrons. The van der Waals surface area contributed by atoms with Gasteiger partial charge in [-0.1, -0.05) is 89.3 Å². The van der Waals surface area contributed by atoms with Gasteiger partial charge in [0.1, 0.15) is 11.4 Å². The van der Waals surface area contributed by atoms with Crippen LogP contribution in [0.4, 0.5) is 22.7 Å². The summed E-state index contributed by atoms with van der Waals surface area (Å²) in [5.41, 5.74) is 7.02. The maximum Gasteiger partial charge on any atom is 0.159 e. The van der Waals surface area contributed by atoms with Crippen molar-refractivity contribution in [3.05, 3.63) is 152 Å². The van der Waals surface area contributed by atoms with Gasteiger partial charge in [-0.05, 0) is 48.2 Å². The molecule has 4 heterocycles. The van der Waals surface area contributed by atoms with Crippen LogP contribution in [0.1, 0.15) is 0 Å². The van der Waals surface area contributed by atoms with Gasteiger partial charge in [0, 0.05) is 48.9 Å². The number of pyridine rings is 1. The summed E-state index contributed by atoms with van der Waals surface area (Å²) in [5.74, 6) is 0.833. The van der Waals surface area contributed by atoms with E-state index in [0.717, 1.165) is 83.1 Å². The van der Waals surface area contributed by atoms with E-state index < -0.39 is 0 Å². The second kappa shape index (κ2) is 11.9. The third-order valence-corrected chi connectivity index (χ3v) is 9.20. The zero-order valence-corrected chi connectivity index (χ0v) is 29.0. The van der Waals surface area contributed by atoms with Crippen LogP contribution in [0.5, 0.6) is 0 Å². The van der Waals surface area contributed by atoms with Crippen LogP contribution in [0.3, 0.4) is 0 Å². The van der Waals surface area contributed by atoms with Gasteiger partial charge in [-0.15, -0.1) is 42.4 Å². The smallest absolute Gasteiger partial charge is 0.159 e. The van der Waals surface area contributed by atoms with Gasteiger partial charge in [0.05, 0.1) is 12.0 Å². The van der Waals surface area contributed by atoms with E-state index in [9.17, 15) is 0 Å². The number of nitrogens with zero attached hydrogens (tertiary/aromatic N) is 6. The van der Waals surface area contributed by atoms with E-state index in [-0.39, 0.29) is 21.1 Å². The molecule has 0 spiro atoms. The van der Waals surface area contributed by atoms with E-state index >= 15 is 0 Å². The first-order valence-electron chi connectivity index (χ1n) is 16.1. The largest absolute Gasteiger partial charge is 0.493 e. The molecule has 0 N–H and O–H groups in total. The van der Waals surface area contributed by atoms with Crippen molar-refractivity contribution < 1.29 is 25.5 Å². The quantitative estimate of drug-likeness (QED) is 0.162. The monoisotopic (exact) mass is 826 g/mol. The molecule has 50 heavy (non-hydrogen) atoms. The molecule has 1 aliphatic rings. The van der Waals surface area contributed by atoms with Gasteiger partial charge in [-0.3, -0.25) is 0 Å². The van der Waals surface area contributed by atoms with Gasteiger partial charge in [0.25, 0.3) is 0 Å². The van der Waals surface area contributed by atoms with Crippen LogP contribution in [0.2, 0.25) is 0 Å². The number of para-hydroxylation sites is 2. The molecular formula is C42H27N6OPt-3. The number of benzene rings is 6. The molecule has 0 radical (unpaired) electrons. The van der Waals surface area contributed by atoms with Crippen molar-refractivity contribution in [2.24, 2.45) is 5.10 Å². The predicted octanol–water partition coefficient (Wildman–Crippen LogP) is 10.1. The Morgan fingerprint density at radius 3 is 2.28 bits per heavy atom. The molecule has 8 heteroatoms. The van der Waals surface area contributed by atoms with Gasteiger partial charge in [0.2, 0.25) is 0 Å². The second-order valence-corrected chi connectivity index (χ2v) is 12.2. The minimum atomic E-state index is 0. The number of fused-ring (bicyclic) bond motifs is 8. The molecule has 3 aromatic heterocycles. The van der Waals surface area contributed by atoms with Gasteiger partial charge in [-0.25, -0.2) is 4.98 Å². The summed E-state index contributed by atoms with van der Waals surface area (Å²) in [5, 5.41) is 12.9. The van der Waals surface area contributed by atoms with Crippen molar-refractivity contribution in [3.63, 3.8) is 0 Å². The van der Waals surface area contributed by atoms with Crippen molar-refractivity contribution in [1.29, 1.82) is 0 Å². The topological polar surface area (TPSA) is 53.0 Å². The van der Waals surface area contributed by atoms with E-state index in [0.29, 0.717) is 0 Å². The van der Waals surface area contributed by atoms with Crippen LogP contribution >= 0.6 is 0 Å². The van der Waals surface area contributed by atoms with Crippen LogP contribution in [0, 0.1) is 18.8 Å². The van der Waals surface area contributed by atoms with E-state index in [1.165, 1.54) is 0 Å². The molecule has 6 aromatic carbocycles. The van der Waals surface area contributed by atoms with Crippen LogP contribution in [-0.2, 0) is 21.1 Å². The first-order valence-corrected chi connectivity index (χ1v) is 16.1. The number of rotatable bonds is 5. The summed E-state index contributed by atoms with van der Waals surface area (Å²) in [4.78, 5) is 8.84. The van der Waals surface area contributed by atoms with E-state index in [2.05, 4.69) is 124 Å². The molecule has 0 amide bonds. The molecule has 7 nitrogen and oxygen atoms in total. The van der Waals surface area contributed by atoms with Crippen LogP contribution < -0.4 is 9.91 Å². The van der Waals surface area contributed by atoms with Gasteiger partial charge in [-0.2, -0.15) is 17.2 Å². The van der Waals surface area contributed by atoms with Crippen LogP contribution in [0.25, 0.3) is 60.3 Å². The van der Waals surface area contributed by atoms with Crippen molar-refractivity contribution in [2.45, 2.75) is 0 Å². The zero-order chi connectivity index (χ0) is 32.5. The van der Waals surface area contributed by atoms with Crippen molar-refractivity contribution in [2.75, 3.05) is 17.0 Å². The Labute approximate surface area is 302 Å². The van der Waals surface area contributed by atoms with Gasteiger partial charge < -0.3 is 23.8 Å². The maximum atomic E-state index is 6.86. The number of hydrogen-bond donors (Lipinski definition) is 0. The number of aromatic nitrogens is 2. The zero-order valence-electron chi connectivity index (χ0n) is 26.8. The average Bonchev–Trinajstić information content (AvgIpc) is 3.86. The Morgan fingerprint density at radius 2 is 1.42 bits per heavy atom. The fraction of sp³-hybridized carbons (Fsp3) is 0.0238. The number of hydrogen-bond acceptors (Lipinski definition) is 6. The number of furan rings is 1. The third-order valence-electron chi connectivity index (χ3n) is 9.20. The minimum Gasteiger partial charge on any atom is -0.493 e. The molecule has 0 saturated carbocycles. The van der Waals surface area contributed by atoms with Crippen molar-refractivity contribution in [1.82, 2.24) is 14.5 Å². The van der Waals surface area contributed by atoms with Gasteiger partial charge >= 0.3 is 0 Å². The fourth-order valence-corrected chi connectivity index (χ4v) is 7.02. The first kappa shape index (κ1) is 30.2. The molecule has 1 aliphatic heterocycles. The predicted molar refractivity (Wildman–Crippen MR) is 199 cm³/mol. The number of hydrazone groups is 1. The van der Waals surface area contributed by atoms with E-state index in [1.54, 1.807) is 6.34 Å².